The third-order valence-electron chi connectivity index (χ3n) is 4.94. The van der Waals surface area contributed by atoms with Crippen LogP contribution in [0.4, 0.5) is 0 Å². The van der Waals surface area contributed by atoms with Crippen LogP contribution in [0.3, 0.4) is 0 Å². The molecule has 0 aromatic heterocycles. The van der Waals surface area contributed by atoms with Gasteiger partial charge >= 0.3 is 0 Å². The Bertz CT molecular complexity index is 377. The first-order valence-electron chi connectivity index (χ1n) is 10.3. The van der Waals surface area contributed by atoms with E-state index in [0.717, 1.165) is 0 Å². The standard InChI is InChI=1S/C23H40/c1-4-5-6-7-8-9-10-11-12-13-14-15-17-22-18-16-19-23(20-22)21(2)3/h16,18-21H,4-15,17H2,1-3H3. The van der Waals surface area contributed by atoms with Crippen molar-refractivity contribution in [2.75, 3.05) is 0 Å². The van der Waals surface area contributed by atoms with E-state index in [4.69, 9.17) is 0 Å². The van der Waals surface area contributed by atoms with E-state index in [1.165, 1.54) is 94.6 Å². The summed E-state index contributed by atoms with van der Waals surface area (Å²) in [4.78, 5) is 0. The molecule has 23 heavy (non-hydrogen) atoms. The Hall–Kier alpha value is -0.780. The Labute approximate surface area is 146 Å². The van der Waals surface area contributed by atoms with Gasteiger partial charge in [0.15, 0.2) is 0 Å². The van der Waals surface area contributed by atoms with Crippen molar-refractivity contribution < 1.29 is 0 Å². The first-order valence-corrected chi connectivity index (χ1v) is 10.3. The second-order valence-electron chi connectivity index (χ2n) is 7.54. The van der Waals surface area contributed by atoms with Crippen molar-refractivity contribution in [1.29, 1.82) is 0 Å². The molecule has 0 aliphatic heterocycles. The first kappa shape index (κ1) is 20.3. The quantitative estimate of drug-likeness (QED) is 0.304. The molecule has 132 valence electrons. The second kappa shape index (κ2) is 13.6. The summed E-state index contributed by atoms with van der Waals surface area (Å²) in [6.07, 6.45) is 18.5. The highest BCUT2D eigenvalue weighted by Crippen LogP contribution is 2.18. The molecule has 0 heteroatoms. The molecule has 0 bridgehead atoms. The Morgan fingerprint density at radius 2 is 1.22 bits per heavy atom. The van der Waals surface area contributed by atoms with Gasteiger partial charge in [-0.15, -0.1) is 0 Å². The van der Waals surface area contributed by atoms with Crippen LogP contribution in [-0.4, -0.2) is 0 Å². The molecule has 0 heterocycles. The van der Waals surface area contributed by atoms with E-state index in [9.17, 15) is 0 Å². The van der Waals surface area contributed by atoms with Crippen molar-refractivity contribution >= 4 is 0 Å². The van der Waals surface area contributed by atoms with Gasteiger partial charge in [0.25, 0.3) is 0 Å². The monoisotopic (exact) mass is 316 g/mol. The van der Waals surface area contributed by atoms with Crippen molar-refractivity contribution in [3.05, 3.63) is 35.4 Å². The molecule has 1 rings (SSSR count). The molecule has 0 amide bonds. The summed E-state index contributed by atoms with van der Waals surface area (Å²) in [6, 6.07) is 9.19. The molecule has 0 aliphatic rings. The Morgan fingerprint density at radius 3 is 1.74 bits per heavy atom. The van der Waals surface area contributed by atoms with Crippen molar-refractivity contribution in [2.45, 2.75) is 110 Å². The molecular weight excluding hydrogens is 276 g/mol. The molecule has 0 N–H and O–H groups in total. The highest BCUT2D eigenvalue weighted by Gasteiger charge is 2.00. The molecule has 0 nitrogen and oxygen atoms in total. The number of hydrogen-bond acceptors (Lipinski definition) is 0. The SMILES string of the molecule is CCCCCCCCCCCCCCc1cccc(C(C)C)c1. The van der Waals surface area contributed by atoms with E-state index in [1.807, 2.05) is 0 Å². The van der Waals surface area contributed by atoms with Crippen LogP contribution in [0.1, 0.15) is 115 Å². The van der Waals surface area contributed by atoms with Crippen LogP contribution in [0.25, 0.3) is 0 Å². The summed E-state index contributed by atoms with van der Waals surface area (Å²) in [7, 11) is 0. The predicted molar refractivity (Wildman–Crippen MR) is 105 cm³/mol. The molecule has 0 atom stereocenters. The van der Waals surface area contributed by atoms with Gasteiger partial charge in [-0.05, 0) is 29.9 Å². The van der Waals surface area contributed by atoms with E-state index in [0.29, 0.717) is 5.92 Å². The molecule has 0 saturated heterocycles. The Morgan fingerprint density at radius 1 is 0.696 bits per heavy atom. The van der Waals surface area contributed by atoms with Crippen LogP contribution in [-0.2, 0) is 6.42 Å². The third-order valence-corrected chi connectivity index (χ3v) is 4.94. The first-order chi connectivity index (χ1) is 11.2. The van der Waals surface area contributed by atoms with Crippen LogP contribution < -0.4 is 0 Å². The predicted octanol–water partition coefficient (Wildman–Crippen LogP) is 8.05. The van der Waals surface area contributed by atoms with Gasteiger partial charge in [-0.2, -0.15) is 0 Å². The maximum Gasteiger partial charge on any atom is -0.0219 e. The molecule has 0 spiro atoms. The van der Waals surface area contributed by atoms with Crippen LogP contribution in [0.2, 0.25) is 0 Å². The van der Waals surface area contributed by atoms with Crippen LogP contribution >= 0.6 is 0 Å². The second-order valence-corrected chi connectivity index (χ2v) is 7.54. The Kier molecular flexibility index (Phi) is 12.0. The summed E-state index contributed by atoms with van der Waals surface area (Å²) in [5, 5.41) is 0. The zero-order valence-electron chi connectivity index (χ0n) is 16.1. The van der Waals surface area contributed by atoms with Crippen molar-refractivity contribution in [3.8, 4) is 0 Å². The van der Waals surface area contributed by atoms with Crippen LogP contribution in [0, 0.1) is 0 Å². The molecule has 0 unspecified atom stereocenters. The zero-order chi connectivity index (χ0) is 16.8. The van der Waals surface area contributed by atoms with Crippen molar-refractivity contribution in [3.63, 3.8) is 0 Å². The van der Waals surface area contributed by atoms with E-state index < -0.39 is 0 Å². The van der Waals surface area contributed by atoms with Crippen molar-refractivity contribution in [1.82, 2.24) is 0 Å². The van der Waals surface area contributed by atoms with Gasteiger partial charge in [0, 0.05) is 0 Å². The van der Waals surface area contributed by atoms with E-state index in [-0.39, 0.29) is 0 Å². The summed E-state index contributed by atoms with van der Waals surface area (Å²) >= 11 is 0. The van der Waals surface area contributed by atoms with E-state index >= 15 is 0 Å². The molecule has 0 fully saturated rings. The molecule has 0 saturated carbocycles. The molecule has 0 radical (unpaired) electrons. The maximum atomic E-state index is 2.41. The van der Waals surface area contributed by atoms with Crippen molar-refractivity contribution in [2.24, 2.45) is 0 Å². The normalized spacial score (nSPS) is 11.3. The molecular formula is C23H40. The van der Waals surface area contributed by atoms with Gasteiger partial charge in [-0.1, -0.05) is 116 Å². The topological polar surface area (TPSA) is 0 Å². The van der Waals surface area contributed by atoms with Gasteiger partial charge in [0.2, 0.25) is 0 Å². The summed E-state index contributed by atoms with van der Waals surface area (Å²) < 4.78 is 0. The minimum absolute atomic E-state index is 0.650. The summed E-state index contributed by atoms with van der Waals surface area (Å²) in [5.41, 5.74) is 3.02. The summed E-state index contributed by atoms with van der Waals surface area (Å²) in [5.74, 6) is 0.650. The minimum atomic E-state index is 0.650. The number of rotatable bonds is 14. The smallest absolute Gasteiger partial charge is 0.0219 e. The van der Waals surface area contributed by atoms with Gasteiger partial charge in [-0.3, -0.25) is 0 Å². The lowest BCUT2D eigenvalue weighted by Crippen LogP contribution is -1.91. The fraction of sp³-hybridized carbons (Fsp3) is 0.739. The lowest BCUT2D eigenvalue weighted by molar-refractivity contribution is 0.544. The van der Waals surface area contributed by atoms with Crippen LogP contribution in [0.5, 0.6) is 0 Å². The minimum Gasteiger partial charge on any atom is -0.0654 e. The third kappa shape index (κ3) is 10.6. The average molecular weight is 317 g/mol. The number of benzene rings is 1. The van der Waals surface area contributed by atoms with Gasteiger partial charge in [0.05, 0.1) is 0 Å². The molecule has 1 aromatic rings. The number of hydrogen-bond donors (Lipinski definition) is 0. The molecule has 0 aliphatic carbocycles. The van der Waals surface area contributed by atoms with Crippen LogP contribution in [0.15, 0.2) is 24.3 Å². The van der Waals surface area contributed by atoms with Gasteiger partial charge in [-0.25, -0.2) is 0 Å². The number of aryl methyl sites for hydroxylation is 1. The number of unbranched alkanes of at least 4 members (excludes halogenated alkanes) is 11. The fourth-order valence-corrected chi connectivity index (χ4v) is 3.28. The summed E-state index contributed by atoms with van der Waals surface area (Å²) in [6.45, 7) is 6.85. The lowest BCUT2D eigenvalue weighted by atomic mass is 9.98. The highest BCUT2D eigenvalue weighted by atomic mass is 14.1. The van der Waals surface area contributed by atoms with E-state index in [2.05, 4.69) is 45.0 Å². The maximum absolute atomic E-state index is 2.41. The highest BCUT2D eigenvalue weighted by molar-refractivity contribution is 5.25. The van der Waals surface area contributed by atoms with Gasteiger partial charge in [0.1, 0.15) is 0 Å². The van der Waals surface area contributed by atoms with E-state index in [1.54, 1.807) is 0 Å². The Balaban J connectivity index is 1.93. The lowest BCUT2D eigenvalue weighted by Gasteiger charge is -2.08. The van der Waals surface area contributed by atoms with Gasteiger partial charge < -0.3 is 0 Å². The largest absolute Gasteiger partial charge is 0.0654 e. The molecule has 1 aromatic carbocycles. The average Bonchev–Trinajstić information content (AvgIpc) is 2.56. The fourth-order valence-electron chi connectivity index (χ4n) is 3.28. The zero-order valence-corrected chi connectivity index (χ0v) is 16.1.